The number of aromatic nitrogens is 4. The lowest BCUT2D eigenvalue weighted by Crippen LogP contribution is -2.17. The summed E-state index contributed by atoms with van der Waals surface area (Å²) in [6.45, 7) is 0. The summed E-state index contributed by atoms with van der Waals surface area (Å²) in [5.41, 5.74) is 2.36. The van der Waals surface area contributed by atoms with Crippen molar-refractivity contribution in [2.45, 2.75) is 31.7 Å². The Balaban J connectivity index is 2.01. The lowest BCUT2D eigenvalue weighted by molar-refractivity contribution is 0.532. The van der Waals surface area contributed by atoms with E-state index in [1.165, 1.54) is 18.4 Å². The quantitative estimate of drug-likeness (QED) is 0.831. The van der Waals surface area contributed by atoms with Crippen molar-refractivity contribution in [1.82, 2.24) is 25.3 Å². The van der Waals surface area contributed by atoms with E-state index in [4.69, 9.17) is 0 Å². The zero-order chi connectivity index (χ0) is 13.1. The zero-order valence-corrected chi connectivity index (χ0v) is 11.0. The highest BCUT2D eigenvalue weighted by atomic mass is 15.0. The Kier molecular flexibility index (Phi) is 3.46. The molecule has 0 aliphatic heterocycles. The van der Waals surface area contributed by atoms with Crippen molar-refractivity contribution in [2.24, 2.45) is 0 Å². The van der Waals surface area contributed by atoms with Crippen molar-refractivity contribution in [3.8, 4) is 11.6 Å². The molecule has 19 heavy (non-hydrogen) atoms. The minimum atomic E-state index is 0.364. The van der Waals surface area contributed by atoms with Crippen LogP contribution < -0.4 is 5.32 Å². The summed E-state index contributed by atoms with van der Waals surface area (Å²) >= 11 is 0. The van der Waals surface area contributed by atoms with Gasteiger partial charge in [-0.3, -0.25) is 0 Å². The third kappa shape index (κ3) is 2.46. The first-order valence-corrected chi connectivity index (χ1v) is 6.69. The molecule has 1 atom stereocenters. The van der Waals surface area contributed by atoms with E-state index in [1.54, 1.807) is 18.5 Å². The monoisotopic (exact) mass is 255 g/mol. The fourth-order valence-electron chi connectivity index (χ4n) is 2.54. The van der Waals surface area contributed by atoms with E-state index in [2.05, 4.69) is 25.3 Å². The summed E-state index contributed by atoms with van der Waals surface area (Å²) in [6, 6.07) is 2.16. The van der Waals surface area contributed by atoms with Crippen molar-refractivity contribution >= 4 is 0 Å². The molecule has 1 unspecified atom stereocenters. The van der Waals surface area contributed by atoms with Crippen LogP contribution in [0.5, 0.6) is 0 Å². The second-order valence-corrected chi connectivity index (χ2v) is 4.76. The van der Waals surface area contributed by atoms with Gasteiger partial charge in [0, 0.05) is 35.9 Å². The number of aryl methyl sites for hydroxylation is 1. The summed E-state index contributed by atoms with van der Waals surface area (Å²) in [4.78, 5) is 17.5. The third-order valence-corrected chi connectivity index (χ3v) is 3.55. The summed E-state index contributed by atoms with van der Waals surface area (Å²) in [5, 5.41) is 3.35. The van der Waals surface area contributed by atoms with Crippen molar-refractivity contribution in [1.29, 1.82) is 0 Å². The molecule has 0 fully saturated rings. The Hall–Kier alpha value is -1.88. The van der Waals surface area contributed by atoms with Gasteiger partial charge in [0.05, 0.1) is 0 Å². The van der Waals surface area contributed by atoms with Gasteiger partial charge in [0.15, 0.2) is 11.6 Å². The molecular weight excluding hydrogens is 238 g/mol. The van der Waals surface area contributed by atoms with Gasteiger partial charge in [-0.15, -0.1) is 0 Å². The van der Waals surface area contributed by atoms with Gasteiger partial charge in [-0.25, -0.2) is 19.9 Å². The van der Waals surface area contributed by atoms with Gasteiger partial charge in [0.25, 0.3) is 0 Å². The summed E-state index contributed by atoms with van der Waals surface area (Å²) in [5.74, 6) is 1.21. The highest BCUT2D eigenvalue weighted by Gasteiger charge is 2.19. The lowest BCUT2D eigenvalue weighted by atomic mass is 10.1. The number of hydrogen-bond acceptors (Lipinski definition) is 5. The zero-order valence-electron chi connectivity index (χ0n) is 11.0. The van der Waals surface area contributed by atoms with Crippen LogP contribution in [0.4, 0.5) is 0 Å². The number of fused-ring (bicyclic) bond motifs is 1. The highest BCUT2D eigenvalue weighted by Crippen LogP contribution is 2.27. The first kappa shape index (κ1) is 12.2. The Bertz CT molecular complexity index is 555. The fraction of sp³-hybridized carbons (Fsp3) is 0.429. The fourth-order valence-corrected chi connectivity index (χ4v) is 2.54. The van der Waals surface area contributed by atoms with Gasteiger partial charge >= 0.3 is 0 Å². The minimum absolute atomic E-state index is 0.364. The van der Waals surface area contributed by atoms with Crippen molar-refractivity contribution in [3.63, 3.8) is 0 Å². The van der Waals surface area contributed by atoms with Crippen LogP contribution in [0.3, 0.4) is 0 Å². The smallest absolute Gasteiger partial charge is 0.197 e. The van der Waals surface area contributed by atoms with E-state index in [1.807, 2.05) is 13.2 Å². The SMILES string of the molecule is CNC1CCCCc2nc(-c3ncccn3)ncc21. The van der Waals surface area contributed by atoms with E-state index >= 15 is 0 Å². The third-order valence-electron chi connectivity index (χ3n) is 3.55. The molecule has 0 radical (unpaired) electrons. The lowest BCUT2D eigenvalue weighted by Gasteiger charge is -2.15. The molecule has 1 aliphatic carbocycles. The van der Waals surface area contributed by atoms with Crippen LogP contribution in [0.15, 0.2) is 24.7 Å². The second-order valence-electron chi connectivity index (χ2n) is 4.76. The van der Waals surface area contributed by atoms with Crippen LogP contribution in [0.1, 0.15) is 36.6 Å². The Morgan fingerprint density at radius 1 is 1.11 bits per heavy atom. The van der Waals surface area contributed by atoms with Crippen molar-refractivity contribution in [2.75, 3.05) is 7.05 Å². The molecule has 0 saturated carbocycles. The first-order valence-electron chi connectivity index (χ1n) is 6.69. The standard InChI is InChI=1S/C14H17N5/c1-15-11-5-2-3-6-12-10(11)9-18-14(19-12)13-16-7-4-8-17-13/h4,7-9,11,15H,2-3,5-6H2,1H3. The van der Waals surface area contributed by atoms with E-state index in [9.17, 15) is 0 Å². The van der Waals surface area contributed by atoms with Crippen LogP contribution in [-0.4, -0.2) is 27.0 Å². The van der Waals surface area contributed by atoms with Crippen molar-refractivity contribution < 1.29 is 0 Å². The van der Waals surface area contributed by atoms with E-state index < -0.39 is 0 Å². The molecule has 0 amide bonds. The molecule has 2 aromatic heterocycles. The number of hydrogen-bond donors (Lipinski definition) is 1. The maximum atomic E-state index is 4.67. The molecule has 3 rings (SSSR count). The topological polar surface area (TPSA) is 63.6 Å². The van der Waals surface area contributed by atoms with Crippen molar-refractivity contribution in [3.05, 3.63) is 35.9 Å². The highest BCUT2D eigenvalue weighted by molar-refractivity contribution is 5.43. The second kappa shape index (κ2) is 5.40. The summed E-state index contributed by atoms with van der Waals surface area (Å²) < 4.78 is 0. The minimum Gasteiger partial charge on any atom is -0.313 e. The normalized spacial score (nSPS) is 18.7. The number of nitrogens with zero attached hydrogens (tertiary/aromatic N) is 4. The molecule has 0 spiro atoms. The molecule has 98 valence electrons. The molecule has 5 heteroatoms. The van der Waals surface area contributed by atoms with Gasteiger partial charge < -0.3 is 5.32 Å². The number of nitrogens with one attached hydrogen (secondary N) is 1. The van der Waals surface area contributed by atoms with Crippen LogP contribution >= 0.6 is 0 Å². The Morgan fingerprint density at radius 2 is 1.95 bits per heavy atom. The van der Waals surface area contributed by atoms with Crippen LogP contribution in [0, 0.1) is 0 Å². The average Bonchev–Trinajstić information content (AvgIpc) is 2.69. The van der Waals surface area contributed by atoms with E-state index in [-0.39, 0.29) is 0 Å². The van der Waals surface area contributed by atoms with Gasteiger partial charge in [0.2, 0.25) is 0 Å². The maximum absolute atomic E-state index is 4.67. The van der Waals surface area contributed by atoms with Gasteiger partial charge in [-0.05, 0) is 32.4 Å². The molecule has 1 aliphatic rings. The van der Waals surface area contributed by atoms with Gasteiger partial charge in [-0.2, -0.15) is 0 Å². The predicted molar refractivity (Wildman–Crippen MR) is 72.4 cm³/mol. The Labute approximate surface area is 112 Å². The van der Waals surface area contributed by atoms with E-state index in [0.29, 0.717) is 17.7 Å². The predicted octanol–water partition coefficient (Wildman–Crippen LogP) is 1.92. The Morgan fingerprint density at radius 3 is 2.74 bits per heavy atom. The molecule has 0 aromatic carbocycles. The first-order chi connectivity index (χ1) is 9.38. The van der Waals surface area contributed by atoms with Gasteiger partial charge in [-0.1, -0.05) is 6.42 Å². The summed E-state index contributed by atoms with van der Waals surface area (Å²) in [6.07, 6.45) is 9.92. The largest absolute Gasteiger partial charge is 0.313 e. The molecule has 2 aromatic rings. The van der Waals surface area contributed by atoms with Crippen LogP contribution in [-0.2, 0) is 6.42 Å². The number of rotatable bonds is 2. The molecule has 0 saturated heterocycles. The van der Waals surface area contributed by atoms with Gasteiger partial charge in [0.1, 0.15) is 0 Å². The molecule has 5 nitrogen and oxygen atoms in total. The molecular formula is C14H17N5. The molecule has 1 N–H and O–H groups in total. The van der Waals surface area contributed by atoms with Crippen LogP contribution in [0.25, 0.3) is 11.6 Å². The summed E-state index contributed by atoms with van der Waals surface area (Å²) in [7, 11) is 1.99. The van der Waals surface area contributed by atoms with E-state index in [0.717, 1.165) is 18.5 Å². The van der Waals surface area contributed by atoms with Crippen LogP contribution in [0.2, 0.25) is 0 Å². The maximum Gasteiger partial charge on any atom is 0.197 e. The molecule has 2 heterocycles. The molecule has 0 bridgehead atoms. The average molecular weight is 255 g/mol.